The number of hydrogen-bond donors (Lipinski definition) is 3. The quantitative estimate of drug-likeness (QED) is 0.744. The summed E-state index contributed by atoms with van der Waals surface area (Å²) in [5, 5.41) is 12.6. The first-order valence-electron chi connectivity index (χ1n) is 6.24. The molecule has 4 N–H and O–H groups in total. The number of carbonyl (C=O) groups excluding carboxylic acids is 1. The molecule has 0 bridgehead atoms. The van der Waals surface area contributed by atoms with Gasteiger partial charge in [-0.05, 0) is 33.3 Å². The molecule has 1 aromatic rings. The van der Waals surface area contributed by atoms with E-state index >= 15 is 0 Å². The van der Waals surface area contributed by atoms with Crippen molar-refractivity contribution in [1.82, 2.24) is 9.88 Å². The highest BCUT2D eigenvalue weighted by Crippen LogP contribution is 2.16. The van der Waals surface area contributed by atoms with Crippen LogP contribution in [0.5, 0.6) is 0 Å². The lowest BCUT2D eigenvalue weighted by atomic mass is 10.0. The molecule has 18 heavy (non-hydrogen) atoms. The smallest absolute Gasteiger partial charge is 0.268 e. The highest BCUT2D eigenvalue weighted by atomic mass is 16.3. The normalized spacial score (nSPS) is 14.6. The van der Waals surface area contributed by atoms with Gasteiger partial charge in [-0.2, -0.15) is 0 Å². The molecule has 0 fully saturated rings. The standard InChI is InChI=1S/C13H23N3O2/c1-5-13(4,18)8-15-12(17)11-6-10(14)7-16(11)9(2)3/h6-7,9,18H,5,8,14H2,1-4H3,(H,15,17). The van der Waals surface area contributed by atoms with Gasteiger partial charge >= 0.3 is 0 Å². The van der Waals surface area contributed by atoms with E-state index in [0.29, 0.717) is 17.8 Å². The van der Waals surface area contributed by atoms with Crippen LogP contribution in [0, 0.1) is 0 Å². The molecule has 1 aromatic heterocycles. The number of nitrogen functional groups attached to an aromatic ring is 1. The number of aromatic nitrogens is 1. The molecule has 0 aliphatic heterocycles. The lowest BCUT2D eigenvalue weighted by Crippen LogP contribution is -2.40. The lowest BCUT2D eigenvalue weighted by molar-refractivity contribution is 0.0515. The van der Waals surface area contributed by atoms with E-state index in [2.05, 4.69) is 5.32 Å². The largest absolute Gasteiger partial charge is 0.397 e. The number of nitrogens with one attached hydrogen (secondary N) is 1. The second-order valence-corrected chi connectivity index (χ2v) is 5.19. The van der Waals surface area contributed by atoms with E-state index in [1.807, 2.05) is 25.3 Å². The number of amides is 1. The van der Waals surface area contributed by atoms with Crippen LogP contribution in [0.2, 0.25) is 0 Å². The molecule has 0 spiro atoms. The minimum Gasteiger partial charge on any atom is -0.397 e. The third-order valence-corrected chi connectivity index (χ3v) is 3.05. The van der Waals surface area contributed by atoms with E-state index in [1.165, 1.54) is 0 Å². The molecule has 5 nitrogen and oxygen atoms in total. The molecule has 102 valence electrons. The van der Waals surface area contributed by atoms with Crippen molar-refractivity contribution in [3.8, 4) is 0 Å². The van der Waals surface area contributed by atoms with Crippen molar-refractivity contribution in [3.05, 3.63) is 18.0 Å². The van der Waals surface area contributed by atoms with Crippen molar-refractivity contribution in [2.24, 2.45) is 0 Å². The Morgan fingerprint density at radius 3 is 2.72 bits per heavy atom. The topological polar surface area (TPSA) is 80.3 Å². The Labute approximate surface area is 108 Å². The molecule has 0 saturated carbocycles. The summed E-state index contributed by atoms with van der Waals surface area (Å²) in [6.45, 7) is 7.77. The number of carbonyl (C=O) groups is 1. The number of anilines is 1. The average Bonchev–Trinajstić information content (AvgIpc) is 2.68. The third kappa shape index (κ3) is 3.50. The fourth-order valence-corrected chi connectivity index (χ4v) is 1.60. The van der Waals surface area contributed by atoms with Gasteiger partial charge in [-0.15, -0.1) is 0 Å². The summed E-state index contributed by atoms with van der Waals surface area (Å²) in [4.78, 5) is 12.0. The Bertz CT molecular complexity index is 422. The maximum Gasteiger partial charge on any atom is 0.268 e. The first-order valence-corrected chi connectivity index (χ1v) is 6.24. The second kappa shape index (κ2) is 5.44. The molecule has 1 heterocycles. The zero-order valence-corrected chi connectivity index (χ0v) is 11.5. The Balaban J connectivity index is 2.79. The second-order valence-electron chi connectivity index (χ2n) is 5.19. The first kappa shape index (κ1) is 14.6. The van der Waals surface area contributed by atoms with Crippen LogP contribution >= 0.6 is 0 Å². The number of rotatable bonds is 5. The van der Waals surface area contributed by atoms with Crippen molar-refractivity contribution in [1.29, 1.82) is 0 Å². The van der Waals surface area contributed by atoms with Gasteiger partial charge in [-0.1, -0.05) is 6.92 Å². The summed E-state index contributed by atoms with van der Waals surface area (Å²) in [7, 11) is 0. The van der Waals surface area contributed by atoms with E-state index < -0.39 is 5.60 Å². The summed E-state index contributed by atoms with van der Waals surface area (Å²) >= 11 is 0. The summed E-state index contributed by atoms with van der Waals surface area (Å²) in [5.74, 6) is -0.214. The molecule has 0 aromatic carbocycles. The zero-order chi connectivity index (χ0) is 13.9. The third-order valence-electron chi connectivity index (χ3n) is 3.05. The molecule has 1 amide bonds. The minimum atomic E-state index is -0.879. The predicted octanol–water partition coefficient (Wildman–Crippen LogP) is 1.54. The van der Waals surface area contributed by atoms with Crippen LogP contribution in [-0.4, -0.2) is 27.7 Å². The lowest BCUT2D eigenvalue weighted by Gasteiger charge is -2.22. The van der Waals surface area contributed by atoms with Crippen molar-refractivity contribution in [2.45, 2.75) is 45.8 Å². The van der Waals surface area contributed by atoms with Crippen molar-refractivity contribution in [2.75, 3.05) is 12.3 Å². The van der Waals surface area contributed by atoms with Crippen LogP contribution in [0.4, 0.5) is 5.69 Å². The maximum atomic E-state index is 12.0. The molecule has 1 rings (SSSR count). The van der Waals surface area contributed by atoms with E-state index in [9.17, 15) is 9.90 Å². The molecular weight excluding hydrogens is 230 g/mol. The predicted molar refractivity (Wildman–Crippen MR) is 72.5 cm³/mol. The van der Waals surface area contributed by atoms with Crippen molar-refractivity contribution >= 4 is 11.6 Å². The minimum absolute atomic E-state index is 0.162. The van der Waals surface area contributed by atoms with E-state index in [-0.39, 0.29) is 18.5 Å². The maximum absolute atomic E-state index is 12.0. The van der Waals surface area contributed by atoms with Crippen molar-refractivity contribution in [3.63, 3.8) is 0 Å². The van der Waals surface area contributed by atoms with Gasteiger partial charge < -0.3 is 20.7 Å². The first-order chi connectivity index (χ1) is 8.26. The Hall–Kier alpha value is -1.49. The van der Waals surface area contributed by atoms with Gasteiger partial charge in [0.05, 0.1) is 11.3 Å². The van der Waals surface area contributed by atoms with Gasteiger partial charge in [0.1, 0.15) is 5.69 Å². The zero-order valence-electron chi connectivity index (χ0n) is 11.5. The van der Waals surface area contributed by atoms with E-state index in [0.717, 1.165) is 0 Å². The summed E-state index contributed by atoms with van der Waals surface area (Å²) in [6, 6.07) is 1.81. The summed E-state index contributed by atoms with van der Waals surface area (Å²) in [5.41, 5.74) is 5.92. The van der Waals surface area contributed by atoms with E-state index in [4.69, 9.17) is 5.73 Å². The molecule has 1 atom stereocenters. The molecule has 0 saturated heterocycles. The van der Waals surface area contributed by atoms with Crippen LogP contribution in [-0.2, 0) is 0 Å². The SMILES string of the molecule is CCC(C)(O)CNC(=O)c1cc(N)cn1C(C)C. The number of hydrogen-bond acceptors (Lipinski definition) is 3. The Morgan fingerprint density at radius 2 is 2.22 bits per heavy atom. The summed E-state index contributed by atoms with van der Waals surface area (Å²) < 4.78 is 1.82. The highest BCUT2D eigenvalue weighted by molar-refractivity contribution is 5.93. The Morgan fingerprint density at radius 1 is 1.61 bits per heavy atom. The highest BCUT2D eigenvalue weighted by Gasteiger charge is 2.20. The molecule has 0 aliphatic rings. The molecule has 0 radical (unpaired) electrons. The number of aliphatic hydroxyl groups is 1. The summed E-state index contributed by atoms with van der Waals surface area (Å²) in [6.07, 6.45) is 2.33. The average molecular weight is 253 g/mol. The molecule has 5 heteroatoms. The number of nitrogens with zero attached hydrogens (tertiary/aromatic N) is 1. The van der Waals surface area contributed by atoms with E-state index in [1.54, 1.807) is 19.2 Å². The molecule has 0 aliphatic carbocycles. The van der Waals surface area contributed by atoms with Crippen LogP contribution in [0.25, 0.3) is 0 Å². The molecular formula is C13H23N3O2. The van der Waals surface area contributed by atoms with Crippen LogP contribution in [0.3, 0.4) is 0 Å². The fourth-order valence-electron chi connectivity index (χ4n) is 1.60. The monoisotopic (exact) mass is 253 g/mol. The van der Waals surface area contributed by atoms with Gasteiger partial charge in [0, 0.05) is 18.8 Å². The molecule has 1 unspecified atom stereocenters. The van der Waals surface area contributed by atoms with Gasteiger partial charge in [-0.3, -0.25) is 4.79 Å². The number of nitrogens with two attached hydrogens (primary N) is 1. The van der Waals surface area contributed by atoms with Crippen LogP contribution < -0.4 is 11.1 Å². The van der Waals surface area contributed by atoms with Crippen molar-refractivity contribution < 1.29 is 9.90 Å². The van der Waals surface area contributed by atoms with Gasteiger partial charge in [0.25, 0.3) is 5.91 Å². The van der Waals surface area contributed by atoms with Crippen LogP contribution in [0.15, 0.2) is 12.3 Å². The van der Waals surface area contributed by atoms with Gasteiger partial charge in [0.15, 0.2) is 0 Å². The van der Waals surface area contributed by atoms with Crippen LogP contribution in [0.1, 0.15) is 50.6 Å². The fraction of sp³-hybridized carbons (Fsp3) is 0.615. The van der Waals surface area contributed by atoms with Gasteiger partial charge in [-0.25, -0.2) is 0 Å². The van der Waals surface area contributed by atoms with Gasteiger partial charge in [0.2, 0.25) is 0 Å². The Kier molecular flexibility index (Phi) is 4.40.